The number of hydrogen-bond donors (Lipinski definition) is 0. The Balaban J connectivity index is 2.34. The number of benzene rings is 1. The second kappa shape index (κ2) is 3.69. The SMILES string of the molecule is CCC1(CC)Cc2ccc(C=O)cc2O1. The molecule has 0 bridgehead atoms. The van der Waals surface area contributed by atoms with Crippen molar-refractivity contribution in [1.82, 2.24) is 0 Å². The average molecular weight is 204 g/mol. The maximum Gasteiger partial charge on any atom is 0.150 e. The van der Waals surface area contributed by atoms with E-state index in [0.717, 1.165) is 31.3 Å². The van der Waals surface area contributed by atoms with Gasteiger partial charge in [-0.3, -0.25) is 4.79 Å². The summed E-state index contributed by atoms with van der Waals surface area (Å²) in [5.74, 6) is 0.892. The van der Waals surface area contributed by atoms with Crippen LogP contribution >= 0.6 is 0 Å². The molecule has 0 amide bonds. The molecule has 1 aliphatic rings. The Hall–Kier alpha value is -1.31. The maximum absolute atomic E-state index is 10.7. The van der Waals surface area contributed by atoms with E-state index in [-0.39, 0.29) is 5.60 Å². The third-order valence-corrected chi connectivity index (χ3v) is 3.36. The van der Waals surface area contributed by atoms with E-state index in [1.165, 1.54) is 5.56 Å². The van der Waals surface area contributed by atoms with Crippen LogP contribution in [-0.4, -0.2) is 11.9 Å². The molecule has 1 heterocycles. The number of carbonyl (C=O) groups excluding carboxylic acids is 1. The molecule has 0 radical (unpaired) electrons. The maximum atomic E-state index is 10.7. The van der Waals surface area contributed by atoms with E-state index < -0.39 is 0 Å². The lowest BCUT2D eigenvalue weighted by Gasteiger charge is -2.25. The predicted octanol–water partition coefficient (Wildman–Crippen LogP) is 2.99. The van der Waals surface area contributed by atoms with Crippen LogP contribution < -0.4 is 4.74 Å². The van der Waals surface area contributed by atoms with E-state index in [1.54, 1.807) is 0 Å². The summed E-state index contributed by atoms with van der Waals surface area (Å²) < 4.78 is 5.98. The monoisotopic (exact) mass is 204 g/mol. The topological polar surface area (TPSA) is 26.3 Å². The lowest BCUT2D eigenvalue weighted by atomic mass is 9.92. The summed E-state index contributed by atoms with van der Waals surface area (Å²) in [6.45, 7) is 4.30. The smallest absolute Gasteiger partial charge is 0.150 e. The Bertz CT molecular complexity index is 378. The Morgan fingerprint density at radius 3 is 2.73 bits per heavy atom. The summed E-state index contributed by atoms with van der Waals surface area (Å²) in [6, 6.07) is 5.71. The van der Waals surface area contributed by atoms with Crippen LogP contribution in [0, 0.1) is 0 Å². The van der Waals surface area contributed by atoms with Gasteiger partial charge in [-0.2, -0.15) is 0 Å². The molecule has 2 heteroatoms. The van der Waals surface area contributed by atoms with Gasteiger partial charge < -0.3 is 4.74 Å². The zero-order valence-electron chi connectivity index (χ0n) is 9.25. The summed E-state index contributed by atoms with van der Waals surface area (Å²) >= 11 is 0. The summed E-state index contributed by atoms with van der Waals surface area (Å²) in [5.41, 5.74) is 1.88. The number of ether oxygens (including phenoxy) is 1. The van der Waals surface area contributed by atoms with Crippen molar-refractivity contribution in [2.24, 2.45) is 0 Å². The van der Waals surface area contributed by atoms with Crippen LogP contribution in [0.3, 0.4) is 0 Å². The van der Waals surface area contributed by atoms with Crippen molar-refractivity contribution < 1.29 is 9.53 Å². The quantitative estimate of drug-likeness (QED) is 0.707. The second-order valence-corrected chi connectivity index (χ2v) is 4.15. The highest BCUT2D eigenvalue weighted by atomic mass is 16.5. The van der Waals surface area contributed by atoms with Crippen LogP contribution in [0.2, 0.25) is 0 Å². The van der Waals surface area contributed by atoms with Gasteiger partial charge in [0, 0.05) is 12.0 Å². The number of fused-ring (bicyclic) bond motifs is 1. The standard InChI is InChI=1S/C13H16O2/c1-3-13(4-2)8-11-6-5-10(9-14)7-12(11)15-13/h5-7,9H,3-4,8H2,1-2H3. The third kappa shape index (κ3) is 1.65. The molecule has 0 unspecified atom stereocenters. The predicted molar refractivity (Wildman–Crippen MR) is 59.5 cm³/mol. The second-order valence-electron chi connectivity index (χ2n) is 4.15. The molecule has 1 aromatic rings. The van der Waals surface area contributed by atoms with Crippen molar-refractivity contribution in [3.05, 3.63) is 29.3 Å². The van der Waals surface area contributed by atoms with Gasteiger partial charge in [0.05, 0.1) is 0 Å². The van der Waals surface area contributed by atoms with E-state index in [0.29, 0.717) is 5.56 Å². The Morgan fingerprint density at radius 1 is 1.40 bits per heavy atom. The average Bonchev–Trinajstić information content (AvgIpc) is 2.67. The van der Waals surface area contributed by atoms with Crippen LogP contribution in [0.15, 0.2) is 18.2 Å². The third-order valence-electron chi connectivity index (χ3n) is 3.36. The first-order valence-corrected chi connectivity index (χ1v) is 5.50. The Morgan fingerprint density at radius 2 is 2.13 bits per heavy atom. The number of rotatable bonds is 3. The fourth-order valence-corrected chi connectivity index (χ4v) is 2.15. The first kappa shape index (κ1) is 10.2. The molecule has 0 fully saturated rings. The molecule has 0 atom stereocenters. The van der Waals surface area contributed by atoms with Gasteiger partial charge in [-0.15, -0.1) is 0 Å². The molecule has 0 aromatic heterocycles. The normalized spacial score (nSPS) is 16.9. The molecule has 0 spiro atoms. The fourth-order valence-electron chi connectivity index (χ4n) is 2.15. The van der Waals surface area contributed by atoms with E-state index >= 15 is 0 Å². The minimum atomic E-state index is -0.0379. The molecule has 0 saturated heterocycles. The van der Waals surface area contributed by atoms with E-state index in [4.69, 9.17) is 4.74 Å². The molecule has 15 heavy (non-hydrogen) atoms. The first-order chi connectivity index (χ1) is 7.23. The molecule has 1 aromatic carbocycles. The van der Waals surface area contributed by atoms with Gasteiger partial charge in [-0.1, -0.05) is 26.0 Å². The zero-order valence-corrected chi connectivity index (χ0v) is 9.25. The van der Waals surface area contributed by atoms with Crippen molar-refractivity contribution in [3.8, 4) is 5.75 Å². The molecule has 1 aliphatic heterocycles. The minimum Gasteiger partial charge on any atom is -0.487 e. The highest BCUT2D eigenvalue weighted by Gasteiger charge is 2.35. The van der Waals surface area contributed by atoms with Crippen molar-refractivity contribution >= 4 is 6.29 Å². The number of hydrogen-bond acceptors (Lipinski definition) is 2. The molecule has 2 rings (SSSR count). The lowest BCUT2D eigenvalue weighted by Crippen LogP contribution is -2.32. The largest absolute Gasteiger partial charge is 0.487 e. The summed E-state index contributed by atoms with van der Waals surface area (Å²) in [5, 5.41) is 0. The van der Waals surface area contributed by atoms with E-state index in [1.807, 2.05) is 18.2 Å². The fraction of sp³-hybridized carbons (Fsp3) is 0.462. The van der Waals surface area contributed by atoms with Gasteiger partial charge >= 0.3 is 0 Å². The van der Waals surface area contributed by atoms with Crippen LogP contribution in [0.1, 0.15) is 42.6 Å². The highest BCUT2D eigenvalue weighted by Crippen LogP contribution is 2.39. The van der Waals surface area contributed by atoms with Gasteiger partial charge in [-0.25, -0.2) is 0 Å². The van der Waals surface area contributed by atoms with E-state index in [2.05, 4.69) is 13.8 Å². The van der Waals surface area contributed by atoms with Crippen LogP contribution in [0.25, 0.3) is 0 Å². The van der Waals surface area contributed by atoms with Crippen molar-refractivity contribution in [2.75, 3.05) is 0 Å². The summed E-state index contributed by atoms with van der Waals surface area (Å²) in [6.07, 6.45) is 3.85. The van der Waals surface area contributed by atoms with Gasteiger partial charge in [0.1, 0.15) is 17.6 Å². The van der Waals surface area contributed by atoms with Crippen molar-refractivity contribution in [1.29, 1.82) is 0 Å². The van der Waals surface area contributed by atoms with E-state index in [9.17, 15) is 4.79 Å². The van der Waals surface area contributed by atoms with Crippen LogP contribution in [0.4, 0.5) is 0 Å². The van der Waals surface area contributed by atoms with Crippen molar-refractivity contribution in [3.63, 3.8) is 0 Å². The summed E-state index contributed by atoms with van der Waals surface area (Å²) in [7, 11) is 0. The zero-order chi connectivity index (χ0) is 10.9. The van der Waals surface area contributed by atoms with Crippen molar-refractivity contribution in [2.45, 2.75) is 38.7 Å². The highest BCUT2D eigenvalue weighted by molar-refractivity contribution is 5.76. The first-order valence-electron chi connectivity index (χ1n) is 5.50. The van der Waals surface area contributed by atoms with Gasteiger partial charge in [0.2, 0.25) is 0 Å². The molecule has 0 saturated carbocycles. The minimum absolute atomic E-state index is 0.0379. The lowest BCUT2D eigenvalue weighted by molar-refractivity contribution is 0.0856. The molecular weight excluding hydrogens is 188 g/mol. The Labute approximate surface area is 90.3 Å². The molecule has 0 N–H and O–H groups in total. The van der Waals surface area contributed by atoms with Gasteiger partial charge in [0.15, 0.2) is 0 Å². The van der Waals surface area contributed by atoms with Crippen LogP contribution in [0.5, 0.6) is 5.75 Å². The summed E-state index contributed by atoms with van der Waals surface area (Å²) in [4.78, 5) is 10.7. The number of carbonyl (C=O) groups is 1. The van der Waals surface area contributed by atoms with Gasteiger partial charge in [0.25, 0.3) is 0 Å². The molecule has 80 valence electrons. The Kier molecular flexibility index (Phi) is 2.51. The molecular formula is C13H16O2. The molecule has 0 aliphatic carbocycles. The molecule has 2 nitrogen and oxygen atoms in total. The number of aldehydes is 1. The van der Waals surface area contributed by atoms with Gasteiger partial charge in [-0.05, 0) is 24.5 Å². The van der Waals surface area contributed by atoms with Crippen LogP contribution in [-0.2, 0) is 6.42 Å².